The predicted molar refractivity (Wildman–Crippen MR) is 81.9 cm³/mol. The summed E-state index contributed by atoms with van der Waals surface area (Å²) < 4.78 is 2.14. The van der Waals surface area contributed by atoms with Crippen LogP contribution in [0.5, 0.6) is 0 Å². The third kappa shape index (κ3) is 3.50. The van der Waals surface area contributed by atoms with E-state index in [0.717, 1.165) is 24.5 Å². The molecular weight excluding hydrogens is 248 g/mol. The molecule has 0 unspecified atom stereocenters. The SMILES string of the molecule is CC(C)(C)c1cn(CCc2ncc(C(C)(C)C)[nH]2)cn1. The summed E-state index contributed by atoms with van der Waals surface area (Å²) in [6.45, 7) is 14.0. The van der Waals surface area contributed by atoms with Crippen molar-refractivity contribution in [3.63, 3.8) is 0 Å². The van der Waals surface area contributed by atoms with Crippen molar-refractivity contribution in [2.75, 3.05) is 0 Å². The van der Waals surface area contributed by atoms with E-state index in [9.17, 15) is 0 Å². The van der Waals surface area contributed by atoms with Gasteiger partial charge in [0, 0.05) is 41.9 Å². The van der Waals surface area contributed by atoms with Gasteiger partial charge in [-0.2, -0.15) is 0 Å². The molecule has 0 bridgehead atoms. The average molecular weight is 274 g/mol. The Morgan fingerprint density at radius 2 is 1.75 bits per heavy atom. The van der Waals surface area contributed by atoms with Crippen LogP contribution in [0.15, 0.2) is 18.7 Å². The number of hydrogen-bond acceptors (Lipinski definition) is 2. The lowest BCUT2D eigenvalue weighted by molar-refractivity contribution is 0.567. The first-order valence-electron chi connectivity index (χ1n) is 7.23. The number of imidazole rings is 2. The van der Waals surface area contributed by atoms with Crippen LogP contribution in [0, 0.1) is 0 Å². The highest BCUT2D eigenvalue weighted by molar-refractivity contribution is 5.12. The standard InChI is InChI=1S/C16H26N4/c1-15(2,3)12-9-17-14(19-12)7-8-20-10-13(18-11-20)16(4,5)6/h9-11H,7-8H2,1-6H3,(H,17,19). The monoisotopic (exact) mass is 274 g/mol. The maximum atomic E-state index is 4.48. The summed E-state index contributed by atoms with van der Waals surface area (Å²) in [4.78, 5) is 12.4. The molecule has 2 rings (SSSR count). The number of nitrogens with zero attached hydrogens (tertiary/aromatic N) is 3. The largest absolute Gasteiger partial charge is 0.345 e. The van der Waals surface area contributed by atoms with Crippen LogP contribution in [-0.4, -0.2) is 19.5 Å². The molecule has 0 fully saturated rings. The zero-order valence-electron chi connectivity index (χ0n) is 13.5. The number of aromatic nitrogens is 4. The second-order valence-electron chi connectivity index (χ2n) is 7.49. The third-order valence-corrected chi connectivity index (χ3v) is 3.44. The Morgan fingerprint density at radius 3 is 2.25 bits per heavy atom. The number of nitrogens with one attached hydrogen (secondary N) is 1. The van der Waals surface area contributed by atoms with E-state index >= 15 is 0 Å². The van der Waals surface area contributed by atoms with Gasteiger partial charge in [-0.15, -0.1) is 0 Å². The summed E-state index contributed by atoms with van der Waals surface area (Å²) in [5.41, 5.74) is 2.55. The van der Waals surface area contributed by atoms with Crippen molar-refractivity contribution in [1.29, 1.82) is 0 Å². The van der Waals surface area contributed by atoms with Crippen LogP contribution in [0.1, 0.15) is 58.8 Å². The highest BCUT2D eigenvalue weighted by Crippen LogP contribution is 2.21. The van der Waals surface area contributed by atoms with Crippen LogP contribution in [0.3, 0.4) is 0 Å². The number of hydrogen-bond donors (Lipinski definition) is 1. The van der Waals surface area contributed by atoms with E-state index < -0.39 is 0 Å². The van der Waals surface area contributed by atoms with Crippen molar-refractivity contribution in [2.45, 2.75) is 65.3 Å². The van der Waals surface area contributed by atoms with Gasteiger partial charge in [-0.05, 0) is 0 Å². The first kappa shape index (κ1) is 14.8. The molecule has 0 saturated carbocycles. The molecule has 0 radical (unpaired) electrons. The van der Waals surface area contributed by atoms with E-state index in [2.05, 4.69) is 67.3 Å². The second-order valence-corrected chi connectivity index (χ2v) is 7.49. The lowest BCUT2D eigenvalue weighted by Gasteiger charge is -2.15. The van der Waals surface area contributed by atoms with Crippen molar-refractivity contribution in [2.24, 2.45) is 0 Å². The molecule has 0 spiro atoms. The van der Waals surface area contributed by atoms with Gasteiger partial charge in [-0.25, -0.2) is 9.97 Å². The van der Waals surface area contributed by atoms with E-state index in [0.29, 0.717) is 0 Å². The molecule has 0 atom stereocenters. The normalized spacial score (nSPS) is 12.9. The zero-order chi connectivity index (χ0) is 15.0. The Kier molecular flexibility index (Phi) is 3.76. The molecule has 2 heterocycles. The summed E-state index contributed by atoms with van der Waals surface area (Å²) in [5, 5.41) is 0. The molecule has 0 saturated heterocycles. The van der Waals surface area contributed by atoms with E-state index in [1.54, 1.807) is 0 Å². The molecule has 0 aliphatic carbocycles. The van der Waals surface area contributed by atoms with Crippen molar-refractivity contribution in [1.82, 2.24) is 19.5 Å². The summed E-state index contributed by atoms with van der Waals surface area (Å²) in [6, 6.07) is 0. The topological polar surface area (TPSA) is 46.5 Å². The maximum Gasteiger partial charge on any atom is 0.108 e. The summed E-state index contributed by atoms with van der Waals surface area (Å²) in [6.07, 6.45) is 6.89. The molecule has 2 aromatic rings. The van der Waals surface area contributed by atoms with Gasteiger partial charge < -0.3 is 9.55 Å². The van der Waals surface area contributed by atoms with E-state index in [1.165, 1.54) is 5.69 Å². The van der Waals surface area contributed by atoms with Crippen molar-refractivity contribution in [3.8, 4) is 0 Å². The van der Waals surface area contributed by atoms with Crippen LogP contribution in [-0.2, 0) is 23.8 Å². The minimum atomic E-state index is 0.106. The maximum absolute atomic E-state index is 4.48. The number of rotatable bonds is 3. The van der Waals surface area contributed by atoms with Gasteiger partial charge in [0.25, 0.3) is 0 Å². The van der Waals surface area contributed by atoms with Gasteiger partial charge in [0.15, 0.2) is 0 Å². The second kappa shape index (κ2) is 5.08. The molecule has 0 aliphatic heterocycles. The van der Waals surface area contributed by atoms with Gasteiger partial charge in [-0.3, -0.25) is 0 Å². The minimum absolute atomic E-state index is 0.106. The molecule has 1 N–H and O–H groups in total. The third-order valence-electron chi connectivity index (χ3n) is 3.44. The first-order valence-corrected chi connectivity index (χ1v) is 7.23. The summed E-state index contributed by atoms with van der Waals surface area (Å²) in [7, 11) is 0. The summed E-state index contributed by atoms with van der Waals surface area (Å²) >= 11 is 0. The van der Waals surface area contributed by atoms with Crippen molar-refractivity contribution < 1.29 is 0 Å². The fourth-order valence-electron chi connectivity index (χ4n) is 1.98. The van der Waals surface area contributed by atoms with Gasteiger partial charge in [0.05, 0.1) is 12.0 Å². The zero-order valence-corrected chi connectivity index (χ0v) is 13.5. The highest BCUT2D eigenvalue weighted by Gasteiger charge is 2.17. The molecular formula is C16H26N4. The van der Waals surface area contributed by atoms with Gasteiger partial charge in [0.2, 0.25) is 0 Å². The van der Waals surface area contributed by atoms with Gasteiger partial charge in [-0.1, -0.05) is 41.5 Å². The predicted octanol–water partition coefficient (Wildman–Crippen LogP) is 3.44. The number of aromatic amines is 1. The van der Waals surface area contributed by atoms with Gasteiger partial charge >= 0.3 is 0 Å². The fourth-order valence-corrected chi connectivity index (χ4v) is 1.98. The Balaban J connectivity index is 1.99. The van der Waals surface area contributed by atoms with Crippen LogP contribution in [0.25, 0.3) is 0 Å². The summed E-state index contributed by atoms with van der Waals surface area (Å²) in [5.74, 6) is 1.04. The van der Waals surface area contributed by atoms with Crippen molar-refractivity contribution >= 4 is 0 Å². The number of H-pyrrole nitrogens is 1. The van der Waals surface area contributed by atoms with E-state index in [-0.39, 0.29) is 10.8 Å². The fraction of sp³-hybridized carbons (Fsp3) is 0.625. The van der Waals surface area contributed by atoms with Crippen LogP contribution < -0.4 is 0 Å². The number of aryl methyl sites for hydroxylation is 2. The van der Waals surface area contributed by atoms with Crippen LogP contribution in [0.2, 0.25) is 0 Å². The van der Waals surface area contributed by atoms with E-state index in [4.69, 9.17) is 0 Å². The van der Waals surface area contributed by atoms with Crippen LogP contribution in [0.4, 0.5) is 0 Å². The molecule has 0 aromatic carbocycles. The molecule has 4 heteroatoms. The lowest BCUT2D eigenvalue weighted by Crippen LogP contribution is -2.12. The van der Waals surface area contributed by atoms with Gasteiger partial charge in [0.1, 0.15) is 5.82 Å². The molecule has 4 nitrogen and oxygen atoms in total. The highest BCUT2D eigenvalue weighted by atomic mass is 15.0. The molecule has 0 aliphatic rings. The Labute approximate surface area is 121 Å². The molecule has 0 amide bonds. The average Bonchev–Trinajstić information content (AvgIpc) is 2.94. The Bertz CT molecular complexity index is 512. The Hall–Kier alpha value is -1.58. The molecule has 2 aromatic heterocycles. The van der Waals surface area contributed by atoms with E-state index in [1.807, 2.05) is 12.5 Å². The quantitative estimate of drug-likeness (QED) is 0.932. The van der Waals surface area contributed by atoms with Crippen LogP contribution >= 0.6 is 0 Å². The Morgan fingerprint density at radius 1 is 1.05 bits per heavy atom. The smallest absolute Gasteiger partial charge is 0.108 e. The lowest BCUT2D eigenvalue weighted by atomic mass is 9.93. The van der Waals surface area contributed by atoms with Crippen molar-refractivity contribution in [3.05, 3.63) is 35.9 Å². The molecule has 20 heavy (non-hydrogen) atoms. The minimum Gasteiger partial charge on any atom is -0.345 e. The molecule has 110 valence electrons. The first-order chi connectivity index (χ1) is 9.16.